The Balaban J connectivity index is 1.54. The number of aryl methyl sites for hydroxylation is 1. The van der Waals surface area contributed by atoms with Crippen molar-refractivity contribution in [1.82, 2.24) is 20.2 Å². The van der Waals surface area contributed by atoms with E-state index in [-0.39, 0.29) is 12.0 Å². The van der Waals surface area contributed by atoms with Gasteiger partial charge in [-0.25, -0.2) is 0 Å². The quantitative estimate of drug-likeness (QED) is 0.620. The minimum atomic E-state index is -0.268. The highest BCUT2D eigenvalue weighted by Gasteiger charge is 2.20. The Morgan fingerprint density at radius 3 is 2.45 bits per heavy atom. The normalized spacial score (nSPS) is 13.8. The van der Waals surface area contributed by atoms with Crippen LogP contribution in [0.2, 0.25) is 0 Å². The number of carbonyl (C=O) groups is 1. The van der Waals surface area contributed by atoms with Crippen molar-refractivity contribution < 1.29 is 19.0 Å². The number of carbonyl (C=O) groups excluding carboxylic acids is 1. The van der Waals surface area contributed by atoms with Gasteiger partial charge in [-0.3, -0.25) is 4.79 Å². The maximum atomic E-state index is 12.9. The zero-order chi connectivity index (χ0) is 21.8. The Morgan fingerprint density at radius 2 is 1.77 bits per heavy atom. The molecule has 1 N–H and O–H groups in total. The van der Waals surface area contributed by atoms with Crippen LogP contribution in [-0.4, -0.2) is 46.4 Å². The molecule has 0 atom stereocenters. The molecule has 1 amide bonds. The number of aromatic nitrogens is 4. The molecule has 1 fully saturated rings. The van der Waals surface area contributed by atoms with Crippen molar-refractivity contribution in [3.63, 3.8) is 0 Å². The van der Waals surface area contributed by atoms with Crippen molar-refractivity contribution >= 4 is 11.6 Å². The number of ether oxygens (including phenoxy) is 3. The van der Waals surface area contributed by atoms with Crippen molar-refractivity contribution in [3.8, 4) is 22.9 Å². The van der Waals surface area contributed by atoms with Crippen LogP contribution in [0.5, 0.6) is 17.2 Å². The maximum absolute atomic E-state index is 12.9. The average molecular weight is 423 g/mol. The molecule has 1 saturated carbocycles. The molecule has 3 aromatic rings. The van der Waals surface area contributed by atoms with E-state index in [4.69, 9.17) is 14.2 Å². The van der Waals surface area contributed by atoms with E-state index >= 15 is 0 Å². The predicted molar refractivity (Wildman–Crippen MR) is 114 cm³/mol. The first-order chi connectivity index (χ1) is 15.1. The van der Waals surface area contributed by atoms with Gasteiger partial charge in [0.05, 0.1) is 20.3 Å². The molecule has 0 unspecified atom stereocenters. The van der Waals surface area contributed by atoms with Crippen molar-refractivity contribution in [2.24, 2.45) is 0 Å². The van der Waals surface area contributed by atoms with E-state index in [2.05, 4.69) is 20.8 Å². The molecule has 0 spiro atoms. The van der Waals surface area contributed by atoms with E-state index in [9.17, 15) is 4.79 Å². The summed E-state index contributed by atoms with van der Waals surface area (Å²) in [4.78, 5) is 12.9. The number of amides is 1. The molecule has 9 heteroatoms. The number of hydrogen-bond acceptors (Lipinski definition) is 7. The van der Waals surface area contributed by atoms with Crippen LogP contribution < -0.4 is 19.5 Å². The van der Waals surface area contributed by atoms with Gasteiger partial charge in [0.2, 0.25) is 0 Å². The van der Waals surface area contributed by atoms with Crippen molar-refractivity contribution in [2.75, 3.05) is 19.5 Å². The average Bonchev–Trinajstić information content (AvgIpc) is 3.45. The Labute approximate surface area is 180 Å². The third-order valence-electron chi connectivity index (χ3n) is 5.31. The largest absolute Gasteiger partial charge is 0.494 e. The summed E-state index contributed by atoms with van der Waals surface area (Å²) in [6, 6.07) is 10.5. The first kappa shape index (κ1) is 20.6. The van der Waals surface area contributed by atoms with E-state index in [1.54, 1.807) is 62.2 Å². The second kappa shape index (κ2) is 9.03. The lowest BCUT2D eigenvalue weighted by atomic mass is 10.1. The Hall–Kier alpha value is -3.62. The molecule has 0 aliphatic heterocycles. The van der Waals surface area contributed by atoms with E-state index in [0.29, 0.717) is 40.0 Å². The monoisotopic (exact) mass is 423 g/mol. The lowest BCUT2D eigenvalue weighted by Gasteiger charge is -2.16. The minimum Gasteiger partial charge on any atom is -0.494 e. The molecule has 1 heterocycles. The molecule has 4 rings (SSSR count). The molecule has 0 saturated heterocycles. The molecule has 2 aromatic carbocycles. The molecule has 1 aliphatic carbocycles. The number of nitrogens with one attached hydrogen (secondary N) is 1. The first-order valence-electron chi connectivity index (χ1n) is 10.2. The van der Waals surface area contributed by atoms with Gasteiger partial charge in [-0.1, -0.05) is 0 Å². The molecule has 9 nitrogen and oxygen atoms in total. The molecule has 0 bridgehead atoms. The van der Waals surface area contributed by atoms with Crippen LogP contribution in [0.4, 0.5) is 5.69 Å². The van der Waals surface area contributed by atoms with Gasteiger partial charge in [0, 0.05) is 11.3 Å². The zero-order valence-electron chi connectivity index (χ0n) is 17.8. The van der Waals surface area contributed by atoms with Gasteiger partial charge in [-0.15, -0.1) is 5.10 Å². The van der Waals surface area contributed by atoms with Gasteiger partial charge in [0.1, 0.15) is 11.4 Å². The van der Waals surface area contributed by atoms with Crippen LogP contribution >= 0.6 is 0 Å². The minimum absolute atomic E-state index is 0.209. The number of anilines is 1. The maximum Gasteiger partial charge on any atom is 0.255 e. The number of benzene rings is 2. The van der Waals surface area contributed by atoms with Crippen molar-refractivity contribution in [3.05, 3.63) is 47.8 Å². The fourth-order valence-electron chi connectivity index (χ4n) is 3.68. The van der Waals surface area contributed by atoms with E-state index < -0.39 is 0 Å². The summed E-state index contributed by atoms with van der Waals surface area (Å²) in [6.45, 7) is 1.78. The van der Waals surface area contributed by atoms with Crippen LogP contribution in [0.1, 0.15) is 41.9 Å². The molecule has 0 radical (unpaired) electrons. The van der Waals surface area contributed by atoms with Gasteiger partial charge >= 0.3 is 0 Å². The molecule has 162 valence electrons. The second-order valence-electron chi connectivity index (χ2n) is 7.37. The van der Waals surface area contributed by atoms with Crippen LogP contribution in [0, 0.1) is 6.92 Å². The third-order valence-corrected chi connectivity index (χ3v) is 5.31. The summed E-state index contributed by atoms with van der Waals surface area (Å²) >= 11 is 0. The second-order valence-corrected chi connectivity index (χ2v) is 7.37. The Kier molecular flexibility index (Phi) is 6.01. The smallest absolute Gasteiger partial charge is 0.255 e. The summed E-state index contributed by atoms with van der Waals surface area (Å²) in [5, 5.41) is 14.5. The number of rotatable bonds is 7. The van der Waals surface area contributed by atoms with Crippen LogP contribution in [0.15, 0.2) is 36.4 Å². The highest BCUT2D eigenvalue weighted by molar-refractivity contribution is 6.04. The van der Waals surface area contributed by atoms with Crippen LogP contribution in [0.25, 0.3) is 5.69 Å². The summed E-state index contributed by atoms with van der Waals surface area (Å²) in [6.07, 6.45) is 4.67. The topological polar surface area (TPSA) is 100 Å². The van der Waals surface area contributed by atoms with Gasteiger partial charge in [0.25, 0.3) is 5.91 Å². The molecule has 1 aliphatic rings. The SMILES string of the molecule is COc1cc(C(=O)Nc2ccc(OC)c(-n3nnnc3C)c2)ccc1OC1CCCC1. The van der Waals surface area contributed by atoms with Gasteiger partial charge in [-0.2, -0.15) is 4.68 Å². The van der Waals surface area contributed by atoms with Crippen molar-refractivity contribution in [1.29, 1.82) is 0 Å². The van der Waals surface area contributed by atoms with E-state index in [1.165, 1.54) is 12.8 Å². The summed E-state index contributed by atoms with van der Waals surface area (Å²) in [5.74, 6) is 2.12. The Bertz CT molecular complexity index is 1080. The number of methoxy groups -OCH3 is 2. The van der Waals surface area contributed by atoms with Crippen LogP contribution in [0.3, 0.4) is 0 Å². The third kappa shape index (κ3) is 4.45. The zero-order valence-corrected chi connectivity index (χ0v) is 17.8. The molecular weight excluding hydrogens is 398 g/mol. The molecule has 1 aromatic heterocycles. The molecule has 31 heavy (non-hydrogen) atoms. The number of hydrogen-bond donors (Lipinski definition) is 1. The predicted octanol–water partition coefficient (Wildman–Crippen LogP) is 3.56. The summed E-state index contributed by atoms with van der Waals surface area (Å²) in [5.41, 5.74) is 1.67. The summed E-state index contributed by atoms with van der Waals surface area (Å²) < 4.78 is 18.5. The highest BCUT2D eigenvalue weighted by Crippen LogP contribution is 2.33. The number of tetrazole rings is 1. The first-order valence-corrected chi connectivity index (χ1v) is 10.2. The van der Waals surface area contributed by atoms with Gasteiger partial charge in [0.15, 0.2) is 17.3 Å². The highest BCUT2D eigenvalue weighted by atomic mass is 16.5. The number of nitrogens with zero attached hydrogens (tertiary/aromatic N) is 4. The summed E-state index contributed by atoms with van der Waals surface area (Å²) in [7, 11) is 3.14. The fraction of sp³-hybridized carbons (Fsp3) is 0.364. The van der Waals surface area contributed by atoms with E-state index in [1.807, 2.05) is 0 Å². The standard InChI is InChI=1S/C22H25N5O4/c1-14-24-25-26-27(14)18-13-16(9-11-19(18)29-2)23-22(28)15-8-10-20(21(12-15)30-3)31-17-6-4-5-7-17/h8-13,17H,4-7H2,1-3H3,(H,23,28). The van der Waals surface area contributed by atoms with Gasteiger partial charge < -0.3 is 19.5 Å². The van der Waals surface area contributed by atoms with Crippen LogP contribution in [-0.2, 0) is 0 Å². The fourth-order valence-corrected chi connectivity index (χ4v) is 3.68. The van der Waals surface area contributed by atoms with E-state index in [0.717, 1.165) is 12.8 Å². The van der Waals surface area contributed by atoms with Gasteiger partial charge in [-0.05, 0) is 79.4 Å². The lowest BCUT2D eigenvalue weighted by Crippen LogP contribution is -2.14. The Morgan fingerprint density at radius 1 is 1.03 bits per heavy atom. The van der Waals surface area contributed by atoms with Crippen molar-refractivity contribution in [2.45, 2.75) is 38.7 Å². The lowest BCUT2D eigenvalue weighted by molar-refractivity contribution is 0.102. The molecular formula is C22H25N5O4.